The molecule has 0 aliphatic carbocycles. The van der Waals surface area contributed by atoms with Crippen molar-refractivity contribution in [3.05, 3.63) is 0 Å². The molecule has 74 valence electrons. The van der Waals surface area contributed by atoms with Crippen molar-refractivity contribution >= 4 is 7.92 Å². The first-order chi connectivity index (χ1) is 5.45. The van der Waals surface area contributed by atoms with Crippen LogP contribution in [0.15, 0.2) is 0 Å². The van der Waals surface area contributed by atoms with Gasteiger partial charge in [0.1, 0.15) is 0 Å². The second kappa shape index (κ2) is 5.94. The summed E-state index contributed by atoms with van der Waals surface area (Å²) in [7, 11) is 4.57. The van der Waals surface area contributed by atoms with E-state index < -0.39 is 0 Å². The van der Waals surface area contributed by atoms with Gasteiger partial charge < -0.3 is 4.90 Å². The summed E-state index contributed by atoms with van der Waals surface area (Å²) in [6.07, 6.45) is 1.40. The van der Waals surface area contributed by atoms with Crippen LogP contribution in [0.25, 0.3) is 0 Å². The van der Waals surface area contributed by atoms with E-state index in [-0.39, 0.29) is 7.92 Å². The molecule has 0 aromatic rings. The van der Waals surface area contributed by atoms with Gasteiger partial charge in [0.2, 0.25) is 0 Å². The topological polar surface area (TPSA) is 3.24 Å². The molecular formula is C10H24NP. The molecule has 2 heteroatoms. The number of rotatable bonds is 5. The summed E-state index contributed by atoms with van der Waals surface area (Å²) in [6, 6.07) is 0. The molecule has 0 N–H and O–H groups in total. The Bertz CT molecular complexity index is 102. The zero-order valence-corrected chi connectivity index (χ0v) is 10.4. The van der Waals surface area contributed by atoms with Gasteiger partial charge in [-0.2, -0.15) is 0 Å². The Morgan fingerprint density at radius 1 is 1.00 bits per heavy atom. The van der Waals surface area contributed by atoms with Gasteiger partial charge in [-0.1, -0.05) is 27.7 Å². The Labute approximate surface area is 79.3 Å². The summed E-state index contributed by atoms with van der Waals surface area (Å²) < 4.78 is 0. The second-order valence-electron chi connectivity index (χ2n) is 4.23. The zero-order chi connectivity index (χ0) is 9.72. The van der Waals surface area contributed by atoms with Gasteiger partial charge in [-0.15, -0.1) is 7.92 Å². The van der Waals surface area contributed by atoms with Gasteiger partial charge >= 0.3 is 0 Å². The molecule has 1 nitrogen and oxygen atoms in total. The van der Waals surface area contributed by atoms with Crippen LogP contribution in [0.1, 0.15) is 27.7 Å². The summed E-state index contributed by atoms with van der Waals surface area (Å²) in [5, 5.41) is 0. The summed E-state index contributed by atoms with van der Waals surface area (Å²) in [4.78, 5) is 2.29. The molecule has 0 fully saturated rings. The van der Waals surface area contributed by atoms with Crippen molar-refractivity contribution in [3.63, 3.8) is 0 Å². The molecular weight excluding hydrogens is 165 g/mol. The first-order valence-corrected chi connectivity index (χ1v) is 6.52. The highest BCUT2D eigenvalue weighted by Gasteiger charge is 2.15. The Balaban J connectivity index is 3.80. The lowest BCUT2D eigenvalue weighted by Gasteiger charge is -2.27. The third-order valence-corrected chi connectivity index (χ3v) is 5.50. The molecule has 0 saturated heterocycles. The van der Waals surface area contributed by atoms with E-state index in [1.807, 2.05) is 0 Å². The van der Waals surface area contributed by atoms with E-state index >= 15 is 0 Å². The lowest BCUT2D eigenvalue weighted by Crippen LogP contribution is -2.19. The molecule has 0 aromatic heterocycles. The predicted octanol–water partition coefficient (Wildman–Crippen LogP) is 2.85. The Kier molecular flexibility index (Phi) is 6.13. The molecule has 0 atom stereocenters. The maximum Gasteiger partial charge on any atom is 0.00148 e. The van der Waals surface area contributed by atoms with Crippen LogP contribution in [-0.2, 0) is 0 Å². The molecule has 0 bridgehead atoms. The number of hydrogen-bond donors (Lipinski definition) is 0. The summed E-state index contributed by atoms with van der Waals surface area (Å²) in [6.45, 7) is 10.7. The van der Waals surface area contributed by atoms with Crippen LogP contribution in [0, 0.1) is 0 Å². The Hall–Kier alpha value is 0.390. The molecule has 0 unspecified atom stereocenters. The van der Waals surface area contributed by atoms with Crippen molar-refractivity contribution in [1.29, 1.82) is 0 Å². The van der Waals surface area contributed by atoms with E-state index in [2.05, 4.69) is 46.7 Å². The van der Waals surface area contributed by atoms with Crippen molar-refractivity contribution < 1.29 is 0 Å². The van der Waals surface area contributed by atoms with Crippen LogP contribution in [0.3, 0.4) is 0 Å². The van der Waals surface area contributed by atoms with Gasteiger partial charge in [0.05, 0.1) is 0 Å². The van der Waals surface area contributed by atoms with Crippen LogP contribution in [-0.4, -0.2) is 43.0 Å². The molecule has 0 amide bonds. The molecule has 0 rings (SSSR count). The van der Waals surface area contributed by atoms with Gasteiger partial charge in [-0.25, -0.2) is 0 Å². The smallest absolute Gasteiger partial charge is 0.00148 e. The highest BCUT2D eigenvalue weighted by Crippen LogP contribution is 2.45. The maximum absolute atomic E-state index is 2.36. The Morgan fingerprint density at radius 3 is 1.67 bits per heavy atom. The van der Waals surface area contributed by atoms with E-state index in [1.54, 1.807) is 0 Å². The monoisotopic (exact) mass is 189 g/mol. The summed E-state index contributed by atoms with van der Waals surface area (Å²) in [5.41, 5.74) is 1.78. The summed E-state index contributed by atoms with van der Waals surface area (Å²) >= 11 is 0. The fraction of sp³-hybridized carbons (Fsp3) is 1.00. The number of hydrogen-bond acceptors (Lipinski definition) is 1. The van der Waals surface area contributed by atoms with Crippen LogP contribution in [0.2, 0.25) is 0 Å². The molecule has 0 radical (unpaired) electrons. The molecule has 0 aliphatic heterocycles. The lowest BCUT2D eigenvalue weighted by atomic mass is 10.5. The predicted molar refractivity (Wildman–Crippen MR) is 60.6 cm³/mol. The lowest BCUT2D eigenvalue weighted by molar-refractivity contribution is 0.435. The van der Waals surface area contributed by atoms with Crippen molar-refractivity contribution in [2.24, 2.45) is 0 Å². The molecule has 0 aromatic carbocycles. The van der Waals surface area contributed by atoms with Gasteiger partial charge in [0, 0.05) is 6.54 Å². The third-order valence-electron chi connectivity index (χ3n) is 2.13. The zero-order valence-electron chi connectivity index (χ0n) is 9.46. The van der Waals surface area contributed by atoms with Crippen molar-refractivity contribution in [3.8, 4) is 0 Å². The second-order valence-corrected chi connectivity index (χ2v) is 7.77. The van der Waals surface area contributed by atoms with Gasteiger partial charge in [0.25, 0.3) is 0 Å². The van der Waals surface area contributed by atoms with Crippen LogP contribution in [0.5, 0.6) is 0 Å². The van der Waals surface area contributed by atoms with Crippen molar-refractivity contribution in [2.45, 2.75) is 39.0 Å². The van der Waals surface area contributed by atoms with Crippen molar-refractivity contribution in [1.82, 2.24) is 4.90 Å². The first kappa shape index (κ1) is 12.4. The van der Waals surface area contributed by atoms with Gasteiger partial charge in [0.15, 0.2) is 0 Å². The standard InChI is InChI=1S/C10H24NP/c1-9(2)12(10(3)4)8-7-11(5)6/h9-10H,7-8H2,1-6H3. The molecule has 0 saturated carbocycles. The van der Waals surface area contributed by atoms with Gasteiger partial charge in [-0.05, 0) is 31.6 Å². The van der Waals surface area contributed by atoms with E-state index in [9.17, 15) is 0 Å². The average Bonchev–Trinajstić information content (AvgIpc) is 1.84. The largest absolute Gasteiger partial charge is 0.309 e. The minimum absolute atomic E-state index is 0.247. The first-order valence-electron chi connectivity index (χ1n) is 4.85. The normalized spacial score (nSPS) is 12.5. The van der Waals surface area contributed by atoms with Crippen LogP contribution in [0.4, 0.5) is 0 Å². The molecule has 0 aliphatic rings. The average molecular weight is 189 g/mol. The van der Waals surface area contributed by atoms with E-state index in [0.717, 1.165) is 11.3 Å². The molecule has 12 heavy (non-hydrogen) atoms. The molecule has 0 heterocycles. The minimum atomic E-state index is 0.247. The third kappa shape index (κ3) is 5.11. The SMILES string of the molecule is CC(C)P(CCN(C)C)C(C)C. The fourth-order valence-corrected chi connectivity index (χ4v) is 4.28. The summed E-state index contributed by atoms with van der Waals surface area (Å²) in [5.74, 6) is 0. The van der Waals surface area contributed by atoms with Crippen molar-refractivity contribution in [2.75, 3.05) is 26.8 Å². The fourth-order valence-electron chi connectivity index (χ4n) is 1.43. The molecule has 0 spiro atoms. The minimum Gasteiger partial charge on any atom is -0.309 e. The van der Waals surface area contributed by atoms with Gasteiger partial charge in [-0.3, -0.25) is 0 Å². The van der Waals surface area contributed by atoms with Crippen LogP contribution >= 0.6 is 7.92 Å². The highest BCUT2D eigenvalue weighted by molar-refractivity contribution is 7.59. The van der Waals surface area contributed by atoms with E-state index in [1.165, 1.54) is 12.7 Å². The maximum atomic E-state index is 2.36. The highest BCUT2D eigenvalue weighted by atomic mass is 31.1. The Morgan fingerprint density at radius 2 is 1.42 bits per heavy atom. The van der Waals surface area contributed by atoms with E-state index in [0.29, 0.717) is 0 Å². The van der Waals surface area contributed by atoms with E-state index in [4.69, 9.17) is 0 Å². The quantitative estimate of drug-likeness (QED) is 0.601. The number of nitrogens with zero attached hydrogens (tertiary/aromatic N) is 1. The van der Waals surface area contributed by atoms with Crippen LogP contribution < -0.4 is 0 Å².